The molecule has 1 atom stereocenters. The molecule has 3 heterocycles. The van der Waals surface area contributed by atoms with Crippen LogP contribution in [0.1, 0.15) is 54.5 Å². The van der Waals surface area contributed by atoms with Gasteiger partial charge in [0.25, 0.3) is 5.91 Å². The molecule has 1 fully saturated rings. The van der Waals surface area contributed by atoms with Crippen molar-refractivity contribution in [3.63, 3.8) is 0 Å². The average molecular weight is 492 g/mol. The molecule has 3 aliphatic rings. The molecule has 0 aromatic heterocycles. The Morgan fingerprint density at radius 3 is 2.58 bits per heavy atom. The fourth-order valence-corrected chi connectivity index (χ4v) is 5.27. The Morgan fingerprint density at radius 1 is 1.06 bits per heavy atom. The molecule has 5 rings (SSSR count). The molecule has 0 bridgehead atoms. The Balaban J connectivity index is 1.35. The van der Waals surface area contributed by atoms with E-state index in [1.165, 1.54) is 5.56 Å². The molecule has 2 aromatic rings. The number of benzene rings is 2. The first kappa shape index (κ1) is 24.3. The Hall–Kier alpha value is -3.39. The zero-order chi connectivity index (χ0) is 25.2. The second-order valence-corrected chi connectivity index (χ2v) is 9.74. The average Bonchev–Trinajstić information content (AvgIpc) is 3.51. The summed E-state index contributed by atoms with van der Waals surface area (Å²) in [5.74, 6) is 1.15. The molecule has 0 unspecified atom stereocenters. The molecule has 1 amide bonds. The molecule has 0 N–H and O–H groups in total. The first-order chi connectivity index (χ1) is 17.4. The van der Waals surface area contributed by atoms with Crippen molar-refractivity contribution in [2.24, 2.45) is 11.0 Å². The number of carbonyl (C=O) groups excluding carboxylic acids is 2. The van der Waals surface area contributed by atoms with E-state index in [4.69, 9.17) is 19.3 Å². The predicted octanol–water partition coefficient (Wildman–Crippen LogP) is 3.98. The molecular weight excluding hydrogens is 458 g/mol. The molecule has 1 saturated heterocycles. The minimum absolute atomic E-state index is 0.0491. The summed E-state index contributed by atoms with van der Waals surface area (Å²) >= 11 is 0. The van der Waals surface area contributed by atoms with Gasteiger partial charge >= 0.3 is 5.97 Å². The quantitative estimate of drug-likeness (QED) is 0.569. The summed E-state index contributed by atoms with van der Waals surface area (Å²) in [5.41, 5.74) is 5.29. The number of carbonyl (C=O) groups is 2. The number of nitrogens with zero attached hydrogens (tertiary/aromatic N) is 3. The van der Waals surface area contributed by atoms with Crippen LogP contribution in [0.5, 0.6) is 11.5 Å². The lowest BCUT2D eigenvalue weighted by atomic mass is 9.95. The minimum atomic E-state index is -0.222. The number of fused-ring (bicyclic) bond motifs is 1. The first-order valence-corrected chi connectivity index (χ1v) is 12.7. The molecule has 8 nitrogen and oxygen atoms in total. The summed E-state index contributed by atoms with van der Waals surface area (Å²) in [7, 11) is 0. The van der Waals surface area contributed by atoms with E-state index in [1.807, 2.05) is 25.1 Å². The van der Waals surface area contributed by atoms with Crippen LogP contribution in [0.3, 0.4) is 0 Å². The topological polar surface area (TPSA) is 80.7 Å². The minimum Gasteiger partial charge on any atom is -0.466 e. The van der Waals surface area contributed by atoms with Gasteiger partial charge in [-0.15, -0.1) is 0 Å². The van der Waals surface area contributed by atoms with Crippen molar-refractivity contribution in [1.82, 2.24) is 9.91 Å². The Bertz CT molecular complexity index is 1190. The van der Waals surface area contributed by atoms with Gasteiger partial charge in [0, 0.05) is 12.0 Å². The Kier molecular flexibility index (Phi) is 6.96. The number of hydrogen-bond donors (Lipinski definition) is 0. The summed E-state index contributed by atoms with van der Waals surface area (Å²) < 4.78 is 16.3. The predicted molar refractivity (Wildman–Crippen MR) is 135 cm³/mol. The van der Waals surface area contributed by atoms with Crippen LogP contribution in [-0.2, 0) is 14.3 Å². The normalized spacial score (nSPS) is 19.9. The first-order valence-electron chi connectivity index (χ1n) is 12.7. The van der Waals surface area contributed by atoms with E-state index in [2.05, 4.69) is 36.9 Å². The highest BCUT2D eigenvalue weighted by molar-refractivity contribution is 6.04. The summed E-state index contributed by atoms with van der Waals surface area (Å²) in [6.07, 6.45) is 2.03. The number of amides is 1. The van der Waals surface area contributed by atoms with Gasteiger partial charge in [0.15, 0.2) is 11.5 Å². The Morgan fingerprint density at radius 2 is 1.83 bits per heavy atom. The lowest BCUT2D eigenvalue weighted by molar-refractivity contribution is -0.149. The third-order valence-electron chi connectivity index (χ3n) is 7.21. The van der Waals surface area contributed by atoms with E-state index in [-0.39, 0.29) is 37.2 Å². The number of aryl methyl sites for hydroxylation is 2. The van der Waals surface area contributed by atoms with Gasteiger partial charge < -0.3 is 14.2 Å². The summed E-state index contributed by atoms with van der Waals surface area (Å²) in [6.45, 7) is 8.22. The van der Waals surface area contributed by atoms with Crippen molar-refractivity contribution in [3.8, 4) is 11.5 Å². The largest absolute Gasteiger partial charge is 0.466 e. The zero-order valence-electron chi connectivity index (χ0n) is 21.2. The van der Waals surface area contributed by atoms with Gasteiger partial charge in [-0.25, -0.2) is 5.01 Å². The molecular formula is C28H33N3O5. The van der Waals surface area contributed by atoms with Crippen molar-refractivity contribution in [1.29, 1.82) is 0 Å². The van der Waals surface area contributed by atoms with Crippen molar-refractivity contribution in [2.45, 2.75) is 46.1 Å². The van der Waals surface area contributed by atoms with Gasteiger partial charge in [-0.05, 0) is 70.0 Å². The maximum atomic E-state index is 13.6. The van der Waals surface area contributed by atoms with Crippen LogP contribution in [0.4, 0.5) is 0 Å². The van der Waals surface area contributed by atoms with Crippen LogP contribution in [0.25, 0.3) is 0 Å². The molecule has 0 spiro atoms. The SMILES string of the molecule is CCOC(=O)C1CCN(CC(=O)N2N=C(c3ccc(C)cc3C)C[C@H]2c2ccc3c(c2)OCO3)CC1. The number of ether oxygens (including phenoxy) is 3. The lowest BCUT2D eigenvalue weighted by Gasteiger charge is -2.32. The lowest BCUT2D eigenvalue weighted by Crippen LogP contribution is -2.43. The van der Waals surface area contributed by atoms with Crippen LogP contribution >= 0.6 is 0 Å². The van der Waals surface area contributed by atoms with E-state index >= 15 is 0 Å². The second kappa shape index (κ2) is 10.3. The van der Waals surface area contributed by atoms with Gasteiger partial charge in [0.05, 0.1) is 30.8 Å². The third-order valence-corrected chi connectivity index (χ3v) is 7.21. The standard InChI is InChI=1S/C28H33N3O5/c1-4-34-28(33)20-9-11-30(12-10-20)16-27(32)31-24(21-6-8-25-26(14-21)36-17-35-25)15-23(29-31)22-7-5-18(2)13-19(22)3/h5-8,13-14,20,24H,4,9-12,15-17H2,1-3H3/t24-/m0/s1. The summed E-state index contributed by atoms with van der Waals surface area (Å²) in [5, 5.41) is 6.50. The van der Waals surface area contributed by atoms with Gasteiger partial charge in [-0.1, -0.05) is 29.8 Å². The number of hydrogen-bond acceptors (Lipinski definition) is 7. The van der Waals surface area contributed by atoms with E-state index in [9.17, 15) is 9.59 Å². The highest BCUT2D eigenvalue weighted by atomic mass is 16.7. The fourth-order valence-electron chi connectivity index (χ4n) is 5.27. The van der Waals surface area contributed by atoms with Gasteiger partial charge in [-0.2, -0.15) is 5.10 Å². The number of rotatable bonds is 6. The van der Waals surface area contributed by atoms with Crippen molar-refractivity contribution >= 4 is 17.6 Å². The number of esters is 1. The van der Waals surface area contributed by atoms with E-state index in [1.54, 1.807) is 5.01 Å². The van der Waals surface area contributed by atoms with E-state index < -0.39 is 0 Å². The van der Waals surface area contributed by atoms with Gasteiger partial charge in [-0.3, -0.25) is 14.5 Å². The maximum absolute atomic E-state index is 13.6. The zero-order valence-corrected chi connectivity index (χ0v) is 21.2. The van der Waals surface area contributed by atoms with Crippen LogP contribution in [0.2, 0.25) is 0 Å². The number of hydrazone groups is 1. The Labute approximate surface area is 211 Å². The molecule has 36 heavy (non-hydrogen) atoms. The fraction of sp³-hybridized carbons (Fsp3) is 0.464. The molecule has 0 aliphatic carbocycles. The molecule has 0 saturated carbocycles. The van der Waals surface area contributed by atoms with Gasteiger partial charge in [0.1, 0.15) is 0 Å². The molecule has 8 heteroatoms. The van der Waals surface area contributed by atoms with Gasteiger partial charge in [0.2, 0.25) is 6.79 Å². The van der Waals surface area contributed by atoms with Crippen molar-refractivity contribution < 1.29 is 23.8 Å². The summed E-state index contributed by atoms with van der Waals surface area (Å²) in [6, 6.07) is 11.9. The smallest absolute Gasteiger partial charge is 0.309 e. The molecule has 3 aliphatic heterocycles. The maximum Gasteiger partial charge on any atom is 0.309 e. The van der Waals surface area contributed by atoms with Crippen LogP contribution in [-0.4, -0.2) is 60.5 Å². The van der Waals surface area contributed by atoms with Crippen LogP contribution in [0.15, 0.2) is 41.5 Å². The third kappa shape index (κ3) is 4.95. The monoisotopic (exact) mass is 491 g/mol. The van der Waals surface area contributed by atoms with Crippen LogP contribution < -0.4 is 9.47 Å². The molecule has 0 radical (unpaired) electrons. The highest BCUT2D eigenvalue weighted by Crippen LogP contribution is 2.39. The van der Waals surface area contributed by atoms with E-state index in [0.717, 1.165) is 28.2 Å². The molecule has 190 valence electrons. The summed E-state index contributed by atoms with van der Waals surface area (Å²) in [4.78, 5) is 27.8. The van der Waals surface area contributed by atoms with Crippen molar-refractivity contribution in [2.75, 3.05) is 33.0 Å². The number of likely N-dealkylation sites (tertiary alicyclic amines) is 1. The molecule has 2 aromatic carbocycles. The second-order valence-electron chi connectivity index (χ2n) is 9.74. The highest BCUT2D eigenvalue weighted by Gasteiger charge is 2.36. The van der Waals surface area contributed by atoms with Crippen molar-refractivity contribution in [3.05, 3.63) is 58.7 Å². The number of piperidine rings is 1. The van der Waals surface area contributed by atoms with E-state index in [0.29, 0.717) is 44.7 Å². The van der Waals surface area contributed by atoms with Crippen LogP contribution in [0, 0.1) is 19.8 Å².